The number of nitrogens with zero attached hydrogens (tertiary/aromatic N) is 1. The van der Waals surface area contributed by atoms with Gasteiger partial charge in [-0.05, 0) is 56.4 Å². The predicted octanol–water partition coefficient (Wildman–Crippen LogP) is 4.12. The molecule has 0 radical (unpaired) electrons. The second-order valence-corrected chi connectivity index (χ2v) is 5.99. The highest BCUT2D eigenvalue weighted by Crippen LogP contribution is 2.20. The molecule has 0 aliphatic heterocycles. The van der Waals surface area contributed by atoms with Gasteiger partial charge in [0.25, 0.3) is 5.91 Å². The number of hydrogen-bond acceptors (Lipinski definition) is 3. The first kappa shape index (κ1) is 15.6. The molecule has 0 atom stereocenters. The molecule has 0 saturated heterocycles. The van der Waals surface area contributed by atoms with E-state index in [-0.39, 0.29) is 5.91 Å². The minimum atomic E-state index is -0.0949. The van der Waals surface area contributed by atoms with Crippen molar-refractivity contribution in [3.05, 3.63) is 58.4 Å². The summed E-state index contributed by atoms with van der Waals surface area (Å²) in [5.41, 5.74) is 5.54. The average molecular weight is 300 g/mol. The number of hydrogen-bond donors (Lipinski definition) is 1. The van der Waals surface area contributed by atoms with Gasteiger partial charge < -0.3 is 5.32 Å². The lowest BCUT2D eigenvalue weighted by atomic mass is 10.1. The summed E-state index contributed by atoms with van der Waals surface area (Å²) in [6, 6.07) is 9.71. The van der Waals surface area contributed by atoms with Gasteiger partial charge in [-0.25, -0.2) is 0 Å². The molecule has 0 saturated carbocycles. The lowest BCUT2D eigenvalue weighted by Crippen LogP contribution is -2.14. The molecule has 1 aromatic heterocycles. The fourth-order valence-corrected chi connectivity index (χ4v) is 2.84. The number of benzene rings is 1. The van der Waals surface area contributed by atoms with Crippen molar-refractivity contribution in [3.8, 4) is 0 Å². The van der Waals surface area contributed by atoms with E-state index in [9.17, 15) is 4.79 Å². The topological polar surface area (TPSA) is 42.0 Å². The van der Waals surface area contributed by atoms with E-state index in [1.807, 2.05) is 51.1 Å². The van der Waals surface area contributed by atoms with Crippen molar-refractivity contribution < 1.29 is 4.79 Å². The Bertz CT molecular complexity index is 627. The number of carbonyl (C=O) groups excluding carboxylic acids is 1. The van der Waals surface area contributed by atoms with Crippen LogP contribution >= 0.6 is 11.8 Å². The number of carbonyl (C=O) groups is 1. The Labute approximate surface area is 130 Å². The highest BCUT2D eigenvalue weighted by molar-refractivity contribution is 7.97. The van der Waals surface area contributed by atoms with E-state index >= 15 is 0 Å². The van der Waals surface area contributed by atoms with Crippen LogP contribution in [0.15, 0.2) is 30.3 Å². The summed E-state index contributed by atoms with van der Waals surface area (Å²) >= 11 is 1.77. The summed E-state index contributed by atoms with van der Waals surface area (Å²) in [7, 11) is 0. The highest BCUT2D eigenvalue weighted by atomic mass is 32.2. The Hall–Kier alpha value is -1.81. The van der Waals surface area contributed by atoms with Crippen LogP contribution in [0.4, 0.5) is 5.69 Å². The smallest absolute Gasteiger partial charge is 0.255 e. The average Bonchev–Trinajstić information content (AvgIpc) is 2.43. The largest absolute Gasteiger partial charge is 0.320 e. The normalized spacial score (nSPS) is 10.5. The van der Waals surface area contributed by atoms with Gasteiger partial charge in [0.15, 0.2) is 0 Å². The SMILES string of the molecule is CSCc1ccc(C(=O)Nc2c(C)cc(C)nc2C)cc1. The maximum Gasteiger partial charge on any atom is 0.255 e. The monoisotopic (exact) mass is 300 g/mol. The van der Waals surface area contributed by atoms with Crippen molar-refractivity contribution in [2.45, 2.75) is 26.5 Å². The van der Waals surface area contributed by atoms with Crippen LogP contribution in [-0.4, -0.2) is 17.1 Å². The molecule has 0 aliphatic carbocycles. The van der Waals surface area contributed by atoms with E-state index in [1.54, 1.807) is 11.8 Å². The van der Waals surface area contributed by atoms with Gasteiger partial charge in [0.05, 0.1) is 11.4 Å². The van der Waals surface area contributed by atoms with Gasteiger partial charge in [-0.2, -0.15) is 11.8 Å². The number of nitrogens with one attached hydrogen (secondary N) is 1. The number of aryl methyl sites for hydroxylation is 3. The summed E-state index contributed by atoms with van der Waals surface area (Å²) < 4.78 is 0. The number of anilines is 1. The number of rotatable bonds is 4. The third kappa shape index (κ3) is 3.85. The Morgan fingerprint density at radius 1 is 1.19 bits per heavy atom. The van der Waals surface area contributed by atoms with Crippen LogP contribution in [-0.2, 0) is 5.75 Å². The molecule has 1 amide bonds. The predicted molar refractivity (Wildman–Crippen MR) is 90.1 cm³/mol. The molecule has 2 aromatic rings. The number of pyridine rings is 1. The van der Waals surface area contributed by atoms with Crippen molar-refractivity contribution >= 4 is 23.4 Å². The summed E-state index contributed by atoms with van der Waals surface area (Å²) in [4.78, 5) is 16.7. The van der Waals surface area contributed by atoms with E-state index < -0.39 is 0 Å². The molecule has 1 N–H and O–H groups in total. The summed E-state index contributed by atoms with van der Waals surface area (Å²) in [5.74, 6) is 0.865. The molecule has 3 nitrogen and oxygen atoms in total. The first-order valence-electron chi connectivity index (χ1n) is 6.85. The van der Waals surface area contributed by atoms with Gasteiger partial charge in [0.1, 0.15) is 0 Å². The first-order chi connectivity index (χ1) is 10.0. The molecule has 0 bridgehead atoms. The van der Waals surface area contributed by atoms with Crippen LogP contribution in [0.25, 0.3) is 0 Å². The minimum Gasteiger partial charge on any atom is -0.320 e. The van der Waals surface area contributed by atoms with E-state index in [2.05, 4.69) is 16.6 Å². The molecule has 110 valence electrons. The van der Waals surface area contributed by atoms with Crippen LogP contribution in [0.3, 0.4) is 0 Å². The van der Waals surface area contributed by atoms with E-state index in [0.717, 1.165) is 28.4 Å². The molecule has 0 aliphatic rings. The van der Waals surface area contributed by atoms with Gasteiger partial charge in [0, 0.05) is 17.0 Å². The van der Waals surface area contributed by atoms with Gasteiger partial charge in [-0.1, -0.05) is 12.1 Å². The molecule has 1 aromatic carbocycles. The molecule has 4 heteroatoms. The number of thioether (sulfide) groups is 1. The van der Waals surface area contributed by atoms with Crippen molar-refractivity contribution in [3.63, 3.8) is 0 Å². The fourth-order valence-electron chi connectivity index (χ4n) is 2.32. The Morgan fingerprint density at radius 2 is 1.86 bits per heavy atom. The lowest BCUT2D eigenvalue weighted by molar-refractivity contribution is 0.102. The first-order valence-corrected chi connectivity index (χ1v) is 8.24. The van der Waals surface area contributed by atoms with Gasteiger partial charge in [-0.15, -0.1) is 0 Å². The Balaban J connectivity index is 2.18. The summed E-state index contributed by atoms with van der Waals surface area (Å²) in [6.07, 6.45) is 2.07. The van der Waals surface area contributed by atoms with Crippen molar-refractivity contribution in [1.29, 1.82) is 0 Å². The Kier molecular flexibility index (Phi) is 5.02. The van der Waals surface area contributed by atoms with E-state index in [0.29, 0.717) is 5.56 Å². The van der Waals surface area contributed by atoms with Crippen LogP contribution in [0.5, 0.6) is 0 Å². The summed E-state index contributed by atoms with van der Waals surface area (Å²) in [5, 5.41) is 2.97. The molecular formula is C17H20N2OS. The van der Waals surface area contributed by atoms with Crippen LogP contribution in [0.1, 0.15) is 32.9 Å². The van der Waals surface area contributed by atoms with Crippen molar-refractivity contribution in [1.82, 2.24) is 4.98 Å². The summed E-state index contributed by atoms with van der Waals surface area (Å²) in [6.45, 7) is 5.85. The van der Waals surface area contributed by atoms with Crippen LogP contribution < -0.4 is 5.32 Å². The third-order valence-corrected chi connectivity index (χ3v) is 3.91. The zero-order valence-electron chi connectivity index (χ0n) is 12.9. The number of aromatic nitrogens is 1. The zero-order chi connectivity index (χ0) is 15.4. The maximum absolute atomic E-state index is 12.3. The quantitative estimate of drug-likeness (QED) is 0.923. The van der Waals surface area contributed by atoms with Gasteiger partial charge >= 0.3 is 0 Å². The van der Waals surface area contributed by atoms with Crippen LogP contribution in [0.2, 0.25) is 0 Å². The minimum absolute atomic E-state index is 0.0949. The second kappa shape index (κ2) is 6.76. The number of amides is 1. The van der Waals surface area contributed by atoms with Gasteiger partial charge in [0.2, 0.25) is 0 Å². The maximum atomic E-state index is 12.3. The third-order valence-electron chi connectivity index (χ3n) is 3.29. The molecular weight excluding hydrogens is 280 g/mol. The van der Waals surface area contributed by atoms with Crippen molar-refractivity contribution in [2.24, 2.45) is 0 Å². The molecule has 1 heterocycles. The molecule has 2 rings (SSSR count). The second-order valence-electron chi connectivity index (χ2n) is 5.13. The van der Waals surface area contributed by atoms with Crippen molar-refractivity contribution in [2.75, 3.05) is 11.6 Å². The zero-order valence-corrected chi connectivity index (χ0v) is 13.7. The molecule has 0 fully saturated rings. The van der Waals surface area contributed by atoms with Crippen LogP contribution in [0, 0.1) is 20.8 Å². The molecule has 0 unspecified atom stereocenters. The lowest BCUT2D eigenvalue weighted by Gasteiger charge is -2.12. The standard InChI is InChI=1S/C17H20N2OS/c1-11-9-12(2)18-13(3)16(11)19-17(20)15-7-5-14(6-8-15)10-21-4/h5-9H,10H2,1-4H3,(H,19,20). The van der Waals surface area contributed by atoms with E-state index in [1.165, 1.54) is 5.56 Å². The molecule has 21 heavy (non-hydrogen) atoms. The highest BCUT2D eigenvalue weighted by Gasteiger charge is 2.11. The van der Waals surface area contributed by atoms with Gasteiger partial charge in [-0.3, -0.25) is 9.78 Å². The fraction of sp³-hybridized carbons (Fsp3) is 0.294. The van der Waals surface area contributed by atoms with E-state index in [4.69, 9.17) is 0 Å². The molecule has 0 spiro atoms. The Morgan fingerprint density at radius 3 is 2.43 bits per heavy atom.